The molecule has 0 radical (unpaired) electrons. The van der Waals surface area contributed by atoms with Gasteiger partial charge >= 0.3 is 0 Å². The Kier molecular flexibility index (Phi) is 5.64. The predicted octanol–water partition coefficient (Wildman–Crippen LogP) is 0.912. The summed E-state index contributed by atoms with van der Waals surface area (Å²) in [7, 11) is 4.66. The molecule has 0 bridgehead atoms. The zero-order valence-corrected chi connectivity index (χ0v) is 11.8. The number of methoxy groups -OCH3 is 2. The largest absolute Gasteiger partial charge is 0.497 e. The van der Waals surface area contributed by atoms with Crippen molar-refractivity contribution in [2.75, 3.05) is 27.8 Å². The van der Waals surface area contributed by atoms with Gasteiger partial charge in [-0.2, -0.15) is 0 Å². The van der Waals surface area contributed by atoms with Crippen molar-refractivity contribution in [3.05, 3.63) is 23.8 Å². The van der Waals surface area contributed by atoms with Gasteiger partial charge in [0, 0.05) is 26.1 Å². The minimum absolute atomic E-state index is 0.0753. The van der Waals surface area contributed by atoms with Gasteiger partial charge in [0.25, 0.3) is 5.91 Å². The first-order valence-corrected chi connectivity index (χ1v) is 5.97. The summed E-state index contributed by atoms with van der Waals surface area (Å²) in [5.74, 6) is 0.907. The van der Waals surface area contributed by atoms with Gasteiger partial charge in [-0.15, -0.1) is 0 Å². The molecule has 0 fully saturated rings. The Morgan fingerprint density at radius 1 is 1.40 bits per heavy atom. The molecule has 1 aromatic carbocycles. The lowest BCUT2D eigenvalue weighted by molar-refractivity contribution is 0.0795. The van der Waals surface area contributed by atoms with Gasteiger partial charge < -0.3 is 25.3 Å². The van der Waals surface area contributed by atoms with Crippen molar-refractivity contribution in [3.8, 4) is 11.5 Å². The summed E-state index contributed by atoms with van der Waals surface area (Å²) >= 11 is 0. The van der Waals surface area contributed by atoms with E-state index < -0.39 is 0 Å². The lowest BCUT2D eigenvalue weighted by Crippen LogP contribution is -2.30. The van der Waals surface area contributed by atoms with Gasteiger partial charge in [-0.05, 0) is 12.1 Å². The highest BCUT2D eigenvalue weighted by Crippen LogP contribution is 2.25. The lowest BCUT2D eigenvalue weighted by atomic mass is 10.1. The maximum Gasteiger partial charge on any atom is 0.257 e. The first-order valence-electron chi connectivity index (χ1n) is 5.97. The van der Waals surface area contributed by atoms with Crippen LogP contribution in [0.1, 0.15) is 16.8 Å². The van der Waals surface area contributed by atoms with Gasteiger partial charge in [0.15, 0.2) is 0 Å². The van der Waals surface area contributed by atoms with E-state index in [1.54, 1.807) is 32.4 Å². The molecule has 20 heavy (non-hydrogen) atoms. The molecule has 110 valence electrons. The van der Waals surface area contributed by atoms with E-state index in [0.717, 1.165) is 0 Å². The first-order chi connectivity index (χ1) is 9.53. The zero-order valence-electron chi connectivity index (χ0n) is 11.8. The predicted molar refractivity (Wildman–Crippen MR) is 74.5 cm³/mol. The van der Waals surface area contributed by atoms with Crippen molar-refractivity contribution in [3.63, 3.8) is 0 Å². The highest BCUT2D eigenvalue weighted by Gasteiger charge is 2.17. The van der Waals surface area contributed by atoms with E-state index in [2.05, 4.69) is 5.16 Å². The first kappa shape index (κ1) is 15.6. The van der Waals surface area contributed by atoms with Gasteiger partial charge in [-0.1, -0.05) is 5.16 Å². The molecule has 0 saturated heterocycles. The Morgan fingerprint density at radius 3 is 2.65 bits per heavy atom. The van der Waals surface area contributed by atoms with Crippen LogP contribution in [-0.4, -0.2) is 49.7 Å². The molecule has 7 heteroatoms. The monoisotopic (exact) mass is 281 g/mol. The number of hydrogen-bond donors (Lipinski definition) is 2. The van der Waals surface area contributed by atoms with Crippen LogP contribution in [0.5, 0.6) is 11.5 Å². The number of benzene rings is 1. The smallest absolute Gasteiger partial charge is 0.257 e. The third kappa shape index (κ3) is 3.78. The Labute approximate surface area is 117 Å². The van der Waals surface area contributed by atoms with Crippen molar-refractivity contribution >= 4 is 11.7 Å². The number of nitrogens with zero attached hydrogens (tertiary/aromatic N) is 2. The topological polar surface area (TPSA) is 97.4 Å². The summed E-state index contributed by atoms with van der Waals surface area (Å²) in [6.45, 7) is 0.337. The molecule has 0 aliphatic heterocycles. The molecule has 0 spiro atoms. The van der Waals surface area contributed by atoms with E-state index in [9.17, 15) is 4.79 Å². The van der Waals surface area contributed by atoms with Crippen molar-refractivity contribution in [2.24, 2.45) is 10.9 Å². The molecular weight excluding hydrogens is 262 g/mol. The summed E-state index contributed by atoms with van der Waals surface area (Å²) in [6, 6.07) is 4.97. The molecule has 0 aliphatic carbocycles. The van der Waals surface area contributed by atoms with Crippen LogP contribution < -0.4 is 15.2 Å². The summed E-state index contributed by atoms with van der Waals surface area (Å²) < 4.78 is 10.3. The lowest BCUT2D eigenvalue weighted by Gasteiger charge is -2.18. The van der Waals surface area contributed by atoms with Gasteiger partial charge in [0.2, 0.25) is 0 Å². The molecule has 1 amide bonds. The standard InChI is InChI=1S/C13H19N3O4/c1-16(7-6-12(14)15-18)13(17)10-5-4-9(19-2)8-11(10)20-3/h4-5,8,18H,6-7H2,1-3H3,(H2,14,15). The van der Waals surface area contributed by atoms with Crippen LogP contribution in [-0.2, 0) is 0 Å². The van der Waals surface area contributed by atoms with Gasteiger partial charge in [0.1, 0.15) is 17.3 Å². The van der Waals surface area contributed by atoms with Crippen molar-refractivity contribution in [2.45, 2.75) is 6.42 Å². The number of carbonyl (C=O) groups is 1. The number of rotatable bonds is 6. The third-order valence-corrected chi connectivity index (χ3v) is 2.82. The van der Waals surface area contributed by atoms with Crippen LogP contribution in [0.3, 0.4) is 0 Å². The van der Waals surface area contributed by atoms with Crippen molar-refractivity contribution in [1.29, 1.82) is 0 Å². The number of amides is 1. The number of hydrogen-bond acceptors (Lipinski definition) is 5. The normalized spacial score (nSPS) is 11.1. The summed E-state index contributed by atoms with van der Waals surface area (Å²) in [5.41, 5.74) is 5.80. The molecule has 3 N–H and O–H groups in total. The molecule has 0 aromatic heterocycles. The summed E-state index contributed by atoms with van der Waals surface area (Å²) in [6.07, 6.45) is 0.289. The second-order valence-electron chi connectivity index (χ2n) is 4.13. The molecule has 1 aromatic rings. The molecule has 0 atom stereocenters. The maximum absolute atomic E-state index is 12.3. The molecule has 7 nitrogen and oxygen atoms in total. The van der Waals surface area contributed by atoms with E-state index >= 15 is 0 Å². The molecule has 0 heterocycles. The van der Waals surface area contributed by atoms with Crippen LogP contribution in [0.15, 0.2) is 23.4 Å². The Bertz CT molecular complexity index is 502. The fourth-order valence-corrected chi connectivity index (χ4v) is 1.61. The summed E-state index contributed by atoms with van der Waals surface area (Å²) in [5, 5.41) is 11.3. The SMILES string of the molecule is COc1ccc(C(=O)N(C)CC/C(N)=N/O)c(OC)c1. The molecule has 0 unspecified atom stereocenters. The van der Waals surface area contributed by atoms with E-state index in [1.165, 1.54) is 12.0 Å². The second-order valence-corrected chi connectivity index (χ2v) is 4.13. The highest BCUT2D eigenvalue weighted by molar-refractivity contribution is 5.97. The van der Waals surface area contributed by atoms with Crippen molar-refractivity contribution < 1.29 is 19.5 Å². The van der Waals surface area contributed by atoms with E-state index in [-0.39, 0.29) is 18.2 Å². The number of amidine groups is 1. The fourth-order valence-electron chi connectivity index (χ4n) is 1.61. The highest BCUT2D eigenvalue weighted by atomic mass is 16.5. The molecule has 0 aliphatic rings. The summed E-state index contributed by atoms with van der Waals surface area (Å²) in [4.78, 5) is 13.8. The van der Waals surface area contributed by atoms with Crippen LogP contribution in [0.25, 0.3) is 0 Å². The maximum atomic E-state index is 12.3. The molecule has 0 saturated carbocycles. The van der Waals surface area contributed by atoms with Crippen LogP contribution >= 0.6 is 0 Å². The average molecular weight is 281 g/mol. The minimum atomic E-state index is -0.213. The van der Waals surface area contributed by atoms with Crippen molar-refractivity contribution in [1.82, 2.24) is 4.90 Å². The number of carbonyl (C=O) groups excluding carboxylic acids is 1. The van der Waals surface area contributed by atoms with Gasteiger partial charge in [-0.25, -0.2) is 0 Å². The zero-order chi connectivity index (χ0) is 15.1. The van der Waals surface area contributed by atoms with Gasteiger partial charge in [-0.3, -0.25) is 4.79 Å². The Balaban J connectivity index is 2.85. The van der Waals surface area contributed by atoms with Crippen LogP contribution in [0, 0.1) is 0 Å². The van der Waals surface area contributed by atoms with Crippen LogP contribution in [0.2, 0.25) is 0 Å². The third-order valence-electron chi connectivity index (χ3n) is 2.82. The fraction of sp³-hybridized carbons (Fsp3) is 0.385. The second kappa shape index (κ2) is 7.22. The minimum Gasteiger partial charge on any atom is -0.497 e. The van der Waals surface area contributed by atoms with E-state index in [4.69, 9.17) is 20.4 Å². The number of ether oxygens (including phenoxy) is 2. The quantitative estimate of drug-likeness (QED) is 0.349. The molecular formula is C13H19N3O4. The van der Waals surface area contributed by atoms with Crippen LogP contribution in [0.4, 0.5) is 0 Å². The molecule has 1 rings (SSSR count). The van der Waals surface area contributed by atoms with E-state index in [1.807, 2.05) is 0 Å². The van der Waals surface area contributed by atoms with Gasteiger partial charge in [0.05, 0.1) is 19.8 Å². The Morgan fingerprint density at radius 2 is 2.10 bits per heavy atom. The van der Waals surface area contributed by atoms with E-state index in [0.29, 0.717) is 23.6 Å². The number of nitrogens with two attached hydrogens (primary N) is 1. The average Bonchev–Trinajstić information content (AvgIpc) is 2.50. The Hall–Kier alpha value is -2.44. The number of oxime groups is 1.